The van der Waals surface area contributed by atoms with Gasteiger partial charge in [0.15, 0.2) is 11.5 Å². The third-order valence-electron chi connectivity index (χ3n) is 3.98. The van der Waals surface area contributed by atoms with Gasteiger partial charge in [0.25, 0.3) is 5.91 Å². The zero-order valence-electron chi connectivity index (χ0n) is 14.0. The first kappa shape index (κ1) is 17.0. The minimum Gasteiger partial charge on any atom is -0.376 e. The molecule has 1 fully saturated rings. The fourth-order valence-electron chi connectivity index (χ4n) is 2.55. The predicted octanol–water partition coefficient (Wildman–Crippen LogP) is 2.52. The number of ether oxygens (including phenoxy) is 1. The lowest BCUT2D eigenvalue weighted by atomic mass is 10.1. The molecule has 1 atom stereocenters. The van der Waals surface area contributed by atoms with E-state index in [9.17, 15) is 9.59 Å². The molecule has 1 aliphatic heterocycles. The Morgan fingerprint density at radius 3 is 2.56 bits per heavy atom. The largest absolute Gasteiger partial charge is 0.376 e. The second-order valence-corrected chi connectivity index (χ2v) is 5.91. The summed E-state index contributed by atoms with van der Waals surface area (Å²) in [5.41, 5.74) is 1.41. The number of Topliss-reactive ketones (excluding diaryl/α,β-unsaturated/α-hetero) is 1. The summed E-state index contributed by atoms with van der Waals surface area (Å²) >= 11 is 0. The van der Waals surface area contributed by atoms with Gasteiger partial charge in [-0.15, -0.1) is 10.2 Å². The van der Waals surface area contributed by atoms with Crippen LogP contribution >= 0.6 is 0 Å². The standard InChI is InChI=1S/C18H20N4O3/c1-12(23)13-4-6-14(7-5-13)20-18(24)16-8-9-17(22-21-16)19-11-15-3-2-10-25-15/h4-9,15H,2-3,10-11H2,1H3,(H,19,22)(H,20,24). The molecule has 130 valence electrons. The molecule has 0 aliphatic carbocycles. The van der Waals surface area contributed by atoms with Crippen LogP contribution in [0.2, 0.25) is 0 Å². The number of nitrogens with zero attached hydrogens (tertiary/aromatic N) is 2. The number of rotatable bonds is 6. The highest BCUT2D eigenvalue weighted by Crippen LogP contribution is 2.14. The number of carbonyl (C=O) groups is 2. The summed E-state index contributed by atoms with van der Waals surface area (Å²) in [4.78, 5) is 23.4. The molecule has 1 aromatic heterocycles. The van der Waals surface area contributed by atoms with Crippen molar-refractivity contribution < 1.29 is 14.3 Å². The van der Waals surface area contributed by atoms with Crippen LogP contribution in [0.1, 0.15) is 40.6 Å². The molecule has 2 N–H and O–H groups in total. The van der Waals surface area contributed by atoms with Gasteiger partial charge in [-0.1, -0.05) is 0 Å². The van der Waals surface area contributed by atoms with Gasteiger partial charge in [0.2, 0.25) is 0 Å². The number of anilines is 2. The molecule has 0 bridgehead atoms. The molecule has 1 saturated heterocycles. The number of carbonyl (C=O) groups excluding carboxylic acids is 2. The van der Waals surface area contributed by atoms with E-state index in [2.05, 4.69) is 20.8 Å². The Morgan fingerprint density at radius 1 is 1.16 bits per heavy atom. The molecule has 1 unspecified atom stereocenters. The minimum atomic E-state index is -0.353. The van der Waals surface area contributed by atoms with Crippen LogP contribution in [0.3, 0.4) is 0 Å². The van der Waals surface area contributed by atoms with Gasteiger partial charge in [-0.25, -0.2) is 0 Å². The maximum atomic E-state index is 12.2. The molecule has 0 spiro atoms. The Morgan fingerprint density at radius 2 is 1.96 bits per heavy atom. The Hall–Kier alpha value is -2.80. The zero-order chi connectivity index (χ0) is 17.6. The van der Waals surface area contributed by atoms with Crippen molar-refractivity contribution in [1.82, 2.24) is 10.2 Å². The summed E-state index contributed by atoms with van der Waals surface area (Å²) in [5.74, 6) is 0.237. The van der Waals surface area contributed by atoms with Crippen LogP contribution < -0.4 is 10.6 Å². The summed E-state index contributed by atoms with van der Waals surface area (Å²) in [5, 5.41) is 13.8. The molecule has 7 nitrogen and oxygen atoms in total. The predicted molar refractivity (Wildman–Crippen MR) is 93.9 cm³/mol. The summed E-state index contributed by atoms with van der Waals surface area (Å²) in [6.45, 7) is 2.99. The van der Waals surface area contributed by atoms with E-state index >= 15 is 0 Å². The zero-order valence-corrected chi connectivity index (χ0v) is 14.0. The SMILES string of the molecule is CC(=O)c1ccc(NC(=O)c2ccc(NCC3CCCO3)nn2)cc1. The van der Waals surface area contributed by atoms with Crippen LogP contribution in [-0.2, 0) is 4.74 Å². The summed E-state index contributed by atoms with van der Waals surface area (Å²) in [7, 11) is 0. The van der Waals surface area contributed by atoms with Crippen LogP contribution in [0.25, 0.3) is 0 Å². The Kier molecular flexibility index (Phi) is 5.35. The van der Waals surface area contributed by atoms with Gasteiger partial charge in [0.1, 0.15) is 5.82 Å². The fraction of sp³-hybridized carbons (Fsp3) is 0.333. The molecule has 0 saturated carbocycles. The number of ketones is 1. The van der Waals surface area contributed by atoms with E-state index < -0.39 is 0 Å². The van der Waals surface area contributed by atoms with E-state index in [1.54, 1.807) is 36.4 Å². The van der Waals surface area contributed by atoms with E-state index in [0.29, 0.717) is 23.6 Å². The number of aromatic nitrogens is 2. The van der Waals surface area contributed by atoms with Crippen LogP contribution in [0, 0.1) is 0 Å². The molecule has 2 heterocycles. The van der Waals surface area contributed by atoms with Crippen molar-refractivity contribution in [1.29, 1.82) is 0 Å². The molecular formula is C18H20N4O3. The number of hydrogen-bond acceptors (Lipinski definition) is 6. The first-order chi connectivity index (χ1) is 12.1. The highest BCUT2D eigenvalue weighted by Gasteiger charge is 2.15. The maximum Gasteiger partial charge on any atom is 0.276 e. The van der Waals surface area contributed by atoms with Crippen molar-refractivity contribution in [3.8, 4) is 0 Å². The van der Waals surface area contributed by atoms with E-state index in [0.717, 1.165) is 19.4 Å². The van der Waals surface area contributed by atoms with Gasteiger partial charge in [0, 0.05) is 24.4 Å². The maximum absolute atomic E-state index is 12.2. The van der Waals surface area contributed by atoms with E-state index in [-0.39, 0.29) is 23.5 Å². The number of nitrogens with one attached hydrogen (secondary N) is 2. The normalized spacial score (nSPS) is 16.4. The summed E-state index contributed by atoms with van der Waals surface area (Å²) in [6.07, 6.45) is 2.34. The smallest absolute Gasteiger partial charge is 0.276 e. The molecule has 25 heavy (non-hydrogen) atoms. The molecule has 0 radical (unpaired) electrons. The Bertz CT molecular complexity index is 738. The number of amides is 1. The van der Waals surface area contributed by atoms with Crippen molar-refractivity contribution in [3.63, 3.8) is 0 Å². The van der Waals surface area contributed by atoms with Gasteiger partial charge >= 0.3 is 0 Å². The number of benzene rings is 1. The van der Waals surface area contributed by atoms with Crippen molar-refractivity contribution in [2.45, 2.75) is 25.9 Å². The van der Waals surface area contributed by atoms with Gasteiger partial charge in [0.05, 0.1) is 6.10 Å². The molecule has 3 rings (SSSR count). The topological polar surface area (TPSA) is 93.2 Å². The molecule has 7 heteroatoms. The molecule has 1 amide bonds. The van der Waals surface area contributed by atoms with Gasteiger partial charge in [-0.05, 0) is 56.2 Å². The van der Waals surface area contributed by atoms with E-state index in [1.807, 2.05) is 0 Å². The van der Waals surface area contributed by atoms with Crippen LogP contribution in [0.15, 0.2) is 36.4 Å². The fourth-order valence-corrected chi connectivity index (χ4v) is 2.55. The van der Waals surface area contributed by atoms with E-state index in [1.165, 1.54) is 6.92 Å². The van der Waals surface area contributed by atoms with E-state index in [4.69, 9.17) is 4.74 Å². The first-order valence-electron chi connectivity index (χ1n) is 8.23. The van der Waals surface area contributed by atoms with Crippen molar-refractivity contribution in [2.75, 3.05) is 23.8 Å². The lowest BCUT2D eigenvalue weighted by Gasteiger charge is -2.11. The lowest BCUT2D eigenvalue weighted by Crippen LogP contribution is -2.20. The molecular weight excluding hydrogens is 320 g/mol. The molecule has 1 aromatic carbocycles. The summed E-state index contributed by atoms with van der Waals surface area (Å²) < 4.78 is 5.53. The monoisotopic (exact) mass is 340 g/mol. The number of hydrogen-bond donors (Lipinski definition) is 2. The lowest BCUT2D eigenvalue weighted by molar-refractivity contribution is 0.101. The highest BCUT2D eigenvalue weighted by atomic mass is 16.5. The van der Waals surface area contributed by atoms with Crippen LogP contribution in [0.4, 0.5) is 11.5 Å². The van der Waals surface area contributed by atoms with Crippen molar-refractivity contribution in [3.05, 3.63) is 47.7 Å². The van der Waals surface area contributed by atoms with Crippen LogP contribution in [-0.4, -0.2) is 41.1 Å². The average molecular weight is 340 g/mol. The third kappa shape index (κ3) is 4.60. The second kappa shape index (κ2) is 7.85. The molecule has 2 aromatic rings. The van der Waals surface area contributed by atoms with Crippen molar-refractivity contribution >= 4 is 23.2 Å². The van der Waals surface area contributed by atoms with Gasteiger partial charge in [-0.3, -0.25) is 9.59 Å². The highest BCUT2D eigenvalue weighted by molar-refractivity contribution is 6.03. The Balaban J connectivity index is 1.55. The minimum absolute atomic E-state index is 0.0187. The Labute approximate surface area is 145 Å². The first-order valence-corrected chi connectivity index (χ1v) is 8.23. The van der Waals surface area contributed by atoms with Gasteiger partial charge < -0.3 is 15.4 Å². The quantitative estimate of drug-likeness (QED) is 0.785. The average Bonchev–Trinajstić information content (AvgIpc) is 3.14. The molecule has 1 aliphatic rings. The van der Waals surface area contributed by atoms with Gasteiger partial charge in [-0.2, -0.15) is 0 Å². The van der Waals surface area contributed by atoms with Crippen LogP contribution in [0.5, 0.6) is 0 Å². The third-order valence-corrected chi connectivity index (χ3v) is 3.98. The second-order valence-electron chi connectivity index (χ2n) is 5.91. The summed E-state index contributed by atoms with van der Waals surface area (Å²) in [6, 6.07) is 10.0. The van der Waals surface area contributed by atoms with Crippen molar-refractivity contribution in [2.24, 2.45) is 0 Å².